The minimum absolute atomic E-state index is 0.244. The Morgan fingerprint density at radius 3 is 2.17 bits per heavy atom. The predicted molar refractivity (Wildman–Crippen MR) is 119 cm³/mol. The highest BCUT2D eigenvalue weighted by molar-refractivity contribution is 6.30. The molecule has 3 rings (SSSR count). The van der Waals surface area contributed by atoms with Gasteiger partial charge in [0.05, 0.1) is 12.8 Å². The average molecular weight is 422 g/mol. The summed E-state index contributed by atoms with van der Waals surface area (Å²) in [5.74, 6) is 0.0964. The SMILES string of the molecule is COc1ccc(C(=O)N/N=C(\C)c2cccc(NC(=O)c3ccc(Cl)cc3)c2)cc1. The molecule has 3 aromatic rings. The highest BCUT2D eigenvalue weighted by atomic mass is 35.5. The Hall–Kier alpha value is -3.64. The summed E-state index contributed by atoms with van der Waals surface area (Å²) >= 11 is 5.86. The van der Waals surface area contributed by atoms with Crippen molar-refractivity contribution in [3.63, 3.8) is 0 Å². The molecule has 0 saturated carbocycles. The number of carbonyl (C=O) groups is 2. The maximum Gasteiger partial charge on any atom is 0.271 e. The van der Waals surface area contributed by atoms with Crippen LogP contribution in [0.1, 0.15) is 33.2 Å². The summed E-state index contributed by atoms with van der Waals surface area (Å²) < 4.78 is 5.08. The molecule has 0 aliphatic carbocycles. The second-order valence-corrected chi connectivity index (χ2v) is 6.84. The lowest BCUT2D eigenvalue weighted by molar-refractivity contribution is 0.0954. The molecular weight excluding hydrogens is 402 g/mol. The zero-order valence-corrected chi connectivity index (χ0v) is 17.2. The van der Waals surface area contributed by atoms with E-state index in [2.05, 4.69) is 15.8 Å². The molecule has 30 heavy (non-hydrogen) atoms. The van der Waals surface area contributed by atoms with Gasteiger partial charge in [-0.3, -0.25) is 9.59 Å². The van der Waals surface area contributed by atoms with Crippen LogP contribution in [0.5, 0.6) is 5.75 Å². The van der Waals surface area contributed by atoms with Gasteiger partial charge in [-0.15, -0.1) is 0 Å². The van der Waals surface area contributed by atoms with Crippen molar-refractivity contribution in [3.8, 4) is 5.75 Å². The van der Waals surface area contributed by atoms with Gasteiger partial charge in [0.2, 0.25) is 0 Å². The zero-order chi connectivity index (χ0) is 21.5. The molecule has 2 N–H and O–H groups in total. The molecule has 0 aliphatic heterocycles. The Bertz CT molecular complexity index is 1080. The molecule has 0 atom stereocenters. The first-order valence-electron chi connectivity index (χ1n) is 9.12. The fraction of sp³-hybridized carbons (Fsp3) is 0.0870. The van der Waals surface area contributed by atoms with Crippen molar-refractivity contribution >= 4 is 34.8 Å². The summed E-state index contributed by atoms with van der Waals surface area (Å²) in [6.07, 6.45) is 0. The Labute approximate surface area is 179 Å². The van der Waals surface area contributed by atoms with E-state index < -0.39 is 0 Å². The molecule has 0 bridgehead atoms. The number of carbonyl (C=O) groups excluding carboxylic acids is 2. The van der Waals surface area contributed by atoms with Gasteiger partial charge >= 0.3 is 0 Å². The van der Waals surface area contributed by atoms with Crippen LogP contribution < -0.4 is 15.5 Å². The molecule has 0 aliphatic rings. The number of nitrogens with one attached hydrogen (secondary N) is 2. The Balaban J connectivity index is 1.67. The lowest BCUT2D eigenvalue weighted by Crippen LogP contribution is -2.19. The van der Waals surface area contributed by atoms with Crippen LogP contribution >= 0.6 is 11.6 Å². The van der Waals surface area contributed by atoms with E-state index in [4.69, 9.17) is 16.3 Å². The first-order valence-corrected chi connectivity index (χ1v) is 9.50. The summed E-state index contributed by atoms with van der Waals surface area (Å²) in [7, 11) is 1.56. The maximum absolute atomic E-state index is 12.4. The van der Waals surface area contributed by atoms with Gasteiger partial charge in [-0.2, -0.15) is 5.10 Å². The second kappa shape index (κ2) is 9.71. The molecule has 0 aromatic heterocycles. The summed E-state index contributed by atoms with van der Waals surface area (Å²) in [5.41, 5.74) is 5.48. The number of hydrogen-bond donors (Lipinski definition) is 2. The van der Waals surface area contributed by atoms with E-state index in [-0.39, 0.29) is 11.8 Å². The molecule has 0 saturated heterocycles. The zero-order valence-electron chi connectivity index (χ0n) is 16.5. The van der Waals surface area contributed by atoms with Gasteiger partial charge in [-0.05, 0) is 73.2 Å². The minimum Gasteiger partial charge on any atom is -0.497 e. The number of hydrogen-bond acceptors (Lipinski definition) is 4. The quantitative estimate of drug-likeness (QED) is 0.445. The van der Waals surface area contributed by atoms with Crippen LogP contribution in [0.3, 0.4) is 0 Å². The highest BCUT2D eigenvalue weighted by Gasteiger charge is 2.08. The standard InChI is InChI=1S/C23H20ClN3O3/c1-15(26-27-23(29)17-8-12-21(30-2)13-9-17)18-4-3-5-20(14-18)25-22(28)16-6-10-19(24)11-7-16/h3-14H,1-2H3,(H,25,28)(H,27,29)/b26-15+. The third-order valence-electron chi connectivity index (χ3n) is 4.32. The fourth-order valence-corrected chi connectivity index (χ4v) is 2.76. The molecule has 6 nitrogen and oxygen atoms in total. The molecule has 0 spiro atoms. The van der Waals surface area contributed by atoms with Gasteiger partial charge in [-0.25, -0.2) is 5.43 Å². The van der Waals surface area contributed by atoms with Crippen molar-refractivity contribution in [2.75, 3.05) is 12.4 Å². The molecule has 0 unspecified atom stereocenters. The van der Waals surface area contributed by atoms with Crippen LogP contribution in [0.4, 0.5) is 5.69 Å². The number of hydrazone groups is 1. The maximum atomic E-state index is 12.4. The first-order chi connectivity index (χ1) is 14.5. The minimum atomic E-state index is -0.329. The summed E-state index contributed by atoms with van der Waals surface area (Å²) in [6.45, 7) is 1.77. The smallest absolute Gasteiger partial charge is 0.271 e. The number of halogens is 1. The number of anilines is 1. The van der Waals surface area contributed by atoms with Crippen LogP contribution in [-0.4, -0.2) is 24.6 Å². The summed E-state index contributed by atoms with van der Waals surface area (Å²) in [5, 5.41) is 7.56. The second-order valence-electron chi connectivity index (χ2n) is 6.41. The fourth-order valence-electron chi connectivity index (χ4n) is 2.63. The van der Waals surface area contributed by atoms with Crippen LogP contribution in [0, 0.1) is 0 Å². The molecular formula is C23H20ClN3O3. The number of nitrogens with zero attached hydrogens (tertiary/aromatic N) is 1. The van der Waals surface area contributed by atoms with Crippen molar-refractivity contribution in [1.29, 1.82) is 0 Å². The van der Waals surface area contributed by atoms with Crippen molar-refractivity contribution < 1.29 is 14.3 Å². The van der Waals surface area contributed by atoms with Crippen LogP contribution in [0.15, 0.2) is 77.9 Å². The van der Waals surface area contributed by atoms with E-state index in [1.54, 1.807) is 80.8 Å². The number of benzene rings is 3. The first kappa shape index (κ1) is 21.1. The van der Waals surface area contributed by atoms with Gasteiger partial charge in [-0.1, -0.05) is 23.7 Å². The predicted octanol–water partition coefficient (Wildman–Crippen LogP) is 4.75. The van der Waals surface area contributed by atoms with Gasteiger partial charge in [0.15, 0.2) is 0 Å². The molecule has 0 heterocycles. The Morgan fingerprint density at radius 2 is 1.50 bits per heavy atom. The van der Waals surface area contributed by atoms with Crippen LogP contribution in [0.25, 0.3) is 0 Å². The molecule has 7 heteroatoms. The topological polar surface area (TPSA) is 79.8 Å². The van der Waals surface area contributed by atoms with Crippen LogP contribution in [0.2, 0.25) is 5.02 Å². The largest absolute Gasteiger partial charge is 0.497 e. The number of methoxy groups -OCH3 is 1. The van der Waals surface area contributed by atoms with E-state index >= 15 is 0 Å². The highest BCUT2D eigenvalue weighted by Crippen LogP contribution is 2.15. The molecule has 0 radical (unpaired) electrons. The molecule has 0 fully saturated rings. The monoisotopic (exact) mass is 421 g/mol. The van der Waals surface area contributed by atoms with Crippen molar-refractivity contribution in [2.24, 2.45) is 5.10 Å². The van der Waals surface area contributed by atoms with E-state index in [0.717, 1.165) is 5.56 Å². The van der Waals surface area contributed by atoms with E-state index in [1.165, 1.54) is 0 Å². The van der Waals surface area contributed by atoms with Gasteiger partial charge in [0, 0.05) is 21.8 Å². The lowest BCUT2D eigenvalue weighted by atomic mass is 10.1. The number of rotatable bonds is 6. The van der Waals surface area contributed by atoms with Gasteiger partial charge in [0.1, 0.15) is 5.75 Å². The molecule has 3 aromatic carbocycles. The van der Waals surface area contributed by atoms with E-state index in [0.29, 0.717) is 33.3 Å². The third-order valence-corrected chi connectivity index (χ3v) is 4.57. The lowest BCUT2D eigenvalue weighted by Gasteiger charge is -2.08. The van der Waals surface area contributed by atoms with Crippen molar-refractivity contribution in [2.45, 2.75) is 6.92 Å². The van der Waals surface area contributed by atoms with Crippen molar-refractivity contribution in [1.82, 2.24) is 5.43 Å². The summed E-state index contributed by atoms with van der Waals surface area (Å²) in [6, 6.07) is 20.6. The van der Waals surface area contributed by atoms with E-state index in [1.807, 2.05) is 6.07 Å². The Morgan fingerprint density at radius 1 is 0.867 bits per heavy atom. The average Bonchev–Trinajstić information content (AvgIpc) is 2.78. The Kier molecular flexibility index (Phi) is 6.83. The normalized spacial score (nSPS) is 11.0. The van der Waals surface area contributed by atoms with Gasteiger partial charge in [0.25, 0.3) is 11.8 Å². The molecule has 152 valence electrons. The molecule has 2 amide bonds. The summed E-state index contributed by atoms with van der Waals surface area (Å²) in [4.78, 5) is 24.6. The van der Waals surface area contributed by atoms with Crippen molar-refractivity contribution in [3.05, 3.63) is 94.5 Å². The number of ether oxygens (including phenoxy) is 1. The number of amides is 2. The van der Waals surface area contributed by atoms with Crippen LogP contribution in [-0.2, 0) is 0 Å². The van der Waals surface area contributed by atoms with Gasteiger partial charge < -0.3 is 10.1 Å². The van der Waals surface area contributed by atoms with E-state index in [9.17, 15) is 9.59 Å². The third kappa shape index (κ3) is 5.46.